The largest absolute Gasteiger partial charge is 0.366 e. The molecule has 3 rings (SSSR count). The van der Waals surface area contributed by atoms with Crippen LogP contribution in [0.1, 0.15) is 11.3 Å². The second-order valence-electron chi connectivity index (χ2n) is 5.30. The molecule has 24 heavy (non-hydrogen) atoms. The second-order valence-corrected chi connectivity index (χ2v) is 5.73. The molecule has 0 aliphatic heterocycles. The molecule has 2 aromatic carbocycles. The van der Waals surface area contributed by atoms with E-state index >= 15 is 0 Å². The number of hydrogen-bond acceptors (Lipinski definition) is 4. The molecule has 0 saturated carbocycles. The van der Waals surface area contributed by atoms with Crippen molar-refractivity contribution in [3.05, 3.63) is 76.7 Å². The number of aryl methyl sites for hydroxylation is 1. The van der Waals surface area contributed by atoms with E-state index in [1.165, 1.54) is 6.07 Å². The molecule has 3 aromatic rings. The minimum absolute atomic E-state index is 0.243. The van der Waals surface area contributed by atoms with Gasteiger partial charge >= 0.3 is 0 Å². The number of aromatic nitrogens is 2. The number of halogens is 2. The summed E-state index contributed by atoms with van der Waals surface area (Å²) in [5.74, 6) is 0.830. The molecule has 1 heterocycles. The lowest BCUT2D eigenvalue weighted by atomic mass is 10.2. The van der Waals surface area contributed by atoms with Crippen molar-refractivity contribution in [2.24, 2.45) is 0 Å². The Bertz CT molecular complexity index is 854. The summed E-state index contributed by atoms with van der Waals surface area (Å²) in [4.78, 5) is 8.76. The number of hydrogen-bond donors (Lipinski definition) is 2. The van der Waals surface area contributed by atoms with Crippen LogP contribution in [0, 0.1) is 12.7 Å². The van der Waals surface area contributed by atoms with Gasteiger partial charge in [-0.2, -0.15) is 4.98 Å². The van der Waals surface area contributed by atoms with E-state index in [0.29, 0.717) is 28.9 Å². The molecule has 0 aliphatic rings. The van der Waals surface area contributed by atoms with Gasteiger partial charge in [-0.15, -0.1) is 0 Å². The van der Waals surface area contributed by atoms with E-state index in [-0.39, 0.29) is 5.82 Å². The van der Waals surface area contributed by atoms with Crippen LogP contribution in [0.4, 0.5) is 21.8 Å². The van der Waals surface area contributed by atoms with Crippen molar-refractivity contribution in [1.82, 2.24) is 9.97 Å². The molecule has 1 aromatic heterocycles. The lowest BCUT2D eigenvalue weighted by Crippen LogP contribution is -2.06. The molecular weight excluding hydrogens is 327 g/mol. The van der Waals surface area contributed by atoms with Gasteiger partial charge in [0.05, 0.1) is 0 Å². The zero-order chi connectivity index (χ0) is 16.9. The van der Waals surface area contributed by atoms with Crippen molar-refractivity contribution in [1.29, 1.82) is 0 Å². The van der Waals surface area contributed by atoms with Gasteiger partial charge in [-0.25, -0.2) is 9.37 Å². The minimum Gasteiger partial charge on any atom is -0.366 e. The van der Waals surface area contributed by atoms with Gasteiger partial charge in [-0.1, -0.05) is 35.9 Å². The van der Waals surface area contributed by atoms with Crippen molar-refractivity contribution in [3.63, 3.8) is 0 Å². The van der Waals surface area contributed by atoms with Crippen LogP contribution in [0.2, 0.25) is 5.02 Å². The topological polar surface area (TPSA) is 49.8 Å². The van der Waals surface area contributed by atoms with Gasteiger partial charge in [-0.3, -0.25) is 0 Å². The van der Waals surface area contributed by atoms with E-state index in [1.807, 2.05) is 25.1 Å². The summed E-state index contributed by atoms with van der Waals surface area (Å²) in [5, 5.41) is 6.87. The lowest BCUT2D eigenvalue weighted by molar-refractivity contribution is 0.613. The maximum absolute atomic E-state index is 13.7. The summed E-state index contributed by atoms with van der Waals surface area (Å²) in [7, 11) is 0. The summed E-state index contributed by atoms with van der Waals surface area (Å²) in [6.07, 6.45) is 0. The van der Waals surface area contributed by atoms with Gasteiger partial charge < -0.3 is 10.6 Å². The van der Waals surface area contributed by atoms with E-state index in [0.717, 1.165) is 11.4 Å². The first-order valence-electron chi connectivity index (χ1n) is 7.46. The van der Waals surface area contributed by atoms with Crippen molar-refractivity contribution in [2.75, 3.05) is 10.6 Å². The van der Waals surface area contributed by atoms with Gasteiger partial charge in [0.15, 0.2) is 0 Å². The molecule has 0 unspecified atom stereocenters. The summed E-state index contributed by atoms with van der Waals surface area (Å²) in [6.45, 7) is 2.22. The summed E-state index contributed by atoms with van der Waals surface area (Å²) < 4.78 is 13.7. The van der Waals surface area contributed by atoms with Crippen LogP contribution in [-0.2, 0) is 6.54 Å². The molecule has 0 bridgehead atoms. The summed E-state index contributed by atoms with van der Waals surface area (Å²) in [5.41, 5.74) is 2.18. The standard InChI is InChI=1S/C18H16ClFN4/c1-12-9-17(21-11-13-5-2-3-8-16(13)20)24-18(22-12)23-15-7-4-6-14(19)10-15/h2-10H,11H2,1H3,(H2,21,22,23,24). The average Bonchev–Trinajstić information content (AvgIpc) is 2.53. The van der Waals surface area contributed by atoms with Crippen molar-refractivity contribution in [3.8, 4) is 0 Å². The molecule has 0 amide bonds. The van der Waals surface area contributed by atoms with Crippen molar-refractivity contribution in [2.45, 2.75) is 13.5 Å². The van der Waals surface area contributed by atoms with Crippen LogP contribution in [0.5, 0.6) is 0 Å². The Morgan fingerprint density at radius 2 is 1.88 bits per heavy atom. The maximum Gasteiger partial charge on any atom is 0.229 e. The second kappa shape index (κ2) is 7.27. The van der Waals surface area contributed by atoms with E-state index in [4.69, 9.17) is 11.6 Å². The molecule has 0 radical (unpaired) electrons. The number of nitrogens with one attached hydrogen (secondary N) is 2. The Hall–Kier alpha value is -2.66. The van der Waals surface area contributed by atoms with Gasteiger partial charge in [0.2, 0.25) is 5.95 Å². The third kappa shape index (κ3) is 4.20. The van der Waals surface area contributed by atoms with Gasteiger partial charge in [0.25, 0.3) is 0 Å². The fourth-order valence-corrected chi connectivity index (χ4v) is 2.43. The molecular formula is C18H16ClFN4. The van der Waals surface area contributed by atoms with Crippen LogP contribution in [-0.4, -0.2) is 9.97 Å². The zero-order valence-corrected chi connectivity index (χ0v) is 13.8. The Kier molecular flexibility index (Phi) is 4.91. The van der Waals surface area contributed by atoms with E-state index in [9.17, 15) is 4.39 Å². The summed E-state index contributed by atoms with van der Waals surface area (Å²) >= 11 is 5.98. The third-order valence-corrected chi connectivity index (χ3v) is 3.59. The quantitative estimate of drug-likeness (QED) is 0.690. The van der Waals surface area contributed by atoms with E-state index < -0.39 is 0 Å². The molecule has 0 atom stereocenters. The monoisotopic (exact) mass is 342 g/mol. The zero-order valence-electron chi connectivity index (χ0n) is 13.1. The Morgan fingerprint density at radius 1 is 1.04 bits per heavy atom. The van der Waals surface area contributed by atoms with Crippen LogP contribution in [0.3, 0.4) is 0 Å². The first kappa shape index (κ1) is 16.2. The van der Waals surface area contributed by atoms with Gasteiger partial charge in [0, 0.05) is 34.6 Å². The molecule has 0 aliphatic carbocycles. The fourth-order valence-electron chi connectivity index (χ4n) is 2.24. The number of anilines is 3. The predicted octanol–water partition coefficient (Wildman–Crippen LogP) is 4.93. The molecule has 0 fully saturated rings. The highest BCUT2D eigenvalue weighted by molar-refractivity contribution is 6.30. The summed E-state index contributed by atoms with van der Waals surface area (Å²) in [6, 6.07) is 15.8. The molecule has 0 spiro atoms. The van der Waals surface area contributed by atoms with E-state index in [2.05, 4.69) is 20.6 Å². The normalized spacial score (nSPS) is 10.5. The lowest BCUT2D eigenvalue weighted by Gasteiger charge is -2.10. The van der Waals surface area contributed by atoms with E-state index in [1.54, 1.807) is 30.3 Å². The van der Waals surface area contributed by atoms with Gasteiger partial charge in [0.1, 0.15) is 11.6 Å². The highest BCUT2D eigenvalue weighted by Crippen LogP contribution is 2.19. The number of benzene rings is 2. The highest BCUT2D eigenvalue weighted by atomic mass is 35.5. The van der Waals surface area contributed by atoms with Crippen LogP contribution in [0.15, 0.2) is 54.6 Å². The molecule has 6 heteroatoms. The van der Waals surface area contributed by atoms with Crippen molar-refractivity contribution < 1.29 is 4.39 Å². The SMILES string of the molecule is Cc1cc(NCc2ccccc2F)nc(Nc2cccc(Cl)c2)n1. The Morgan fingerprint density at radius 3 is 2.67 bits per heavy atom. The smallest absolute Gasteiger partial charge is 0.229 e. The number of rotatable bonds is 5. The Labute approximate surface area is 144 Å². The molecule has 4 nitrogen and oxygen atoms in total. The van der Waals surface area contributed by atoms with Crippen LogP contribution >= 0.6 is 11.6 Å². The third-order valence-electron chi connectivity index (χ3n) is 3.35. The predicted molar refractivity (Wildman–Crippen MR) is 95.2 cm³/mol. The van der Waals surface area contributed by atoms with Gasteiger partial charge in [-0.05, 0) is 31.2 Å². The van der Waals surface area contributed by atoms with Crippen molar-refractivity contribution >= 4 is 29.1 Å². The highest BCUT2D eigenvalue weighted by Gasteiger charge is 2.05. The molecule has 2 N–H and O–H groups in total. The first-order chi connectivity index (χ1) is 11.6. The van der Waals surface area contributed by atoms with Crippen LogP contribution < -0.4 is 10.6 Å². The fraction of sp³-hybridized carbons (Fsp3) is 0.111. The molecule has 122 valence electrons. The first-order valence-corrected chi connectivity index (χ1v) is 7.83. The molecule has 0 saturated heterocycles. The number of nitrogens with zero attached hydrogens (tertiary/aromatic N) is 2. The maximum atomic E-state index is 13.7. The van der Waals surface area contributed by atoms with Crippen LogP contribution in [0.25, 0.3) is 0 Å². The Balaban J connectivity index is 1.75. The minimum atomic E-state index is -0.243. The average molecular weight is 343 g/mol.